The first-order valence-electron chi connectivity index (χ1n) is 11.7. The Kier molecular flexibility index (Phi) is 10.7. The molecule has 2 unspecified atom stereocenters. The first-order chi connectivity index (χ1) is 16.9. The average Bonchev–Trinajstić information content (AvgIpc) is 2.83. The summed E-state index contributed by atoms with van der Waals surface area (Å²) in [7, 11) is -1.64. The van der Waals surface area contributed by atoms with E-state index in [4.69, 9.17) is 11.6 Å². The zero-order chi connectivity index (χ0) is 27.0. The minimum absolute atomic E-state index is 0.0373. The van der Waals surface area contributed by atoms with Crippen LogP contribution in [0.15, 0.2) is 48.5 Å². The number of amides is 2. The van der Waals surface area contributed by atoms with Gasteiger partial charge in [-0.15, -0.1) is 0 Å². The Morgan fingerprint density at radius 3 is 2.17 bits per heavy atom. The van der Waals surface area contributed by atoms with Crippen LogP contribution >= 0.6 is 11.6 Å². The number of anilines is 1. The highest BCUT2D eigenvalue weighted by atomic mass is 35.5. The van der Waals surface area contributed by atoms with Crippen LogP contribution in [0.2, 0.25) is 5.02 Å². The van der Waals surface area contributed by atoms with Gasteiger partial charge in [0, 0.05) is 31.7 Å². The van der Waals surface area contributed by atoms with Crippen molar-refractivity contribution in [2.75, 3.05) is 24.9 Å². The van der Waals surface area contributed by atoms with Crippen LogP contribution in [-0.2, 0) is 26.3 Å². The van der Waals surface area contributed by atoms with Crippen molar-refractivity contribution in [2.45, 2.75) is 52.2 Å². The number of nitrogens with one attached hydrogen (secondary N) is 1. The second-order valence-corrected chi connectivity index (χ2v) is 11.1. The predicted molar refractivity (Wildman–Crippen MR) is 140 cm³/mol. The summed E-state index contributed by atoms with van der Waals surface area (Å²) < 4.78 is 42.5. The van der Waals surface area contributed by atoms with Crippen molar-refractivity contribution in [1.29, 1.82) is 0 Å². The summed E-state index contributed by atoms with van der Waals surface area (Å²) in [5, 5.41) is 3.41. The van der Waals surface area contributed by atoms with Gasteiger partial charge in [0.2, 0.25) is 11.8 Å². The van der Waals surface area contributed by atoms with Gasteiger partial charge in [-0.05, 0) is 49.6 Å². The lowest BCUT2D eigenvalue weighted by atomic mass is 10.1. The molecule has 2 amide bonds. The van der Waals surface area contributed by atoms with Crippen molar-refractivity contribution in [3.63, 3.8) is 0 Å². The molecule has 2 aromatic rings. The predicted octanol–water partition coefficient (Wildman–Crippen LogP) is 3.81. The fourth-order valence-electron chi connectivity index (χ4n) is 3.50. The summed E-state index contributed by atoms with van der Waals surface area (Å²) in [6.45, 7) is 4.91. The Morgan fingerprint density at radius 1 is 1.03 bits per heavy atom. The van der Waals surface area contributed by atoms with Gasteiger partial charge in [-0.1, -0.05) is 49.7 Å². The van der Waals surface area contributed by atoms with Crippen LogP contribution in [0.1, 0.15) is 39.2 Å². The van der Waals surface area contributed by atoms with Crippen LogP contribution in [0.4, 0.5) is 10.1 Å². The minimum atomic E-state index is -4.24. The fourth-order valence-corrected chi connectivity index (χ4v) is 4.69. The molecule has 198 valence electrons. The van der Waals surface area contributed by atoms with E-state index in [0.29, 0.717) is 23.4 Å². The Balaban J connectivity index is 2.51. The summed E-state index contributed by atoms with van der Waals surface area (Å²) in [6.07, 6.45) is 0.997. The second-order valence-electron chi connectivity index (χ2n) is 8.64. The van der Waals surface area contributed by atoms with Gasteiger partial charge >= 0.3 is 10.2 Å². The van der Waals surface area contributed by atoms with Crippen molar-refractivity contribution in [3.05, 3.63) is 64.9 Å². The third-order valence-electron chi connectivity index (χ3n) is 5.79. The molecule has 0 spiro atoms. The molecule has 0 fully saturated rings. The summed E-state index contributed by atoms with van der Waals surface area (Å²) in [5.41, 5.74) is 0.443. The molecule has 11 heteroatoms. The number of para-hydroxylation sites is 1. The van der Waals surface area contributed by atoms with Crippen LogP contribution in [0, 0.1) is 5.82 Å². The molecule has 2 rings (SSSR count). The maximum Gasteiger partial charge on any atom is 0.304 e. The molecule has 0 aromatic heterocycles. The maximum atomic E-state index is 14.7. The minimum Gasteiger partial charge on any atom is -0.352 e. The van der Waals surface area contributed by atoms with Crippen LogP contribution in [0.25, 0.3) is 0 Å². The summed E-state index contributed by atoms with van der Waals surface area (Å²) in [5.74, 6) is -1.78. The van der Waals surface area contributed by atoms with Crippen molar-refractivity contribution < 1.29 is 22.4 Å². The summed E-state index contributed by atoms with van der Waals surface area (Å²) in [6, 6.07) is 11.2. The van der Waals surface area contributed by atoms with Crippen LogP contribution in [0.3, 0.4) is 0 Å². The lowest BCUT2D eigenvalue weighted by molar-refractivity contribution is -0.140. The highest BCUT2D eigenvalue weighted by Crippen LogP contribution is 2.24. The Morgan fingerprint density at radius 2 is 1.64 bits per heavy atom. The largest absolute Gasteiger partial charge is 0.352 e. The molecular formula is C25H34ClFN4O4S. The Bertz CT molecular complexity index is 1150. The molecule has 0 aliphatic carbocycles. The maximum absolute atomic E-state index is 14.7. The van der Waals surface area contributed by atoms with Gasteiger partial charge in [0.15, 0.2) is 0 Å². The zero-order valence-corrected chi connectivity index (χ0v) is 22.8. The van der Waals surface area contributed by atoms with E-state index in [1.807, 2.05) is 13.8 Å². The van der Waals surface area contributed by atoms with Crippen molar-refractivity contribution in [1.82, 2.24) is 14.5 Å². The van der Waals surface area contributed by atoms with Gasteiger partial charge < -0.3 is 10.2 Å². The van der Waals surface area contributed by atoms with Gasteiger partial charge in [0.25, 0.3) is 0 Å². The summed E-state index contributed by atoms with van der Waals surface area (Å²) >= 11 is 6.00. The number of carbonyl (C=O) groups is 2. The van der Waals surface area contributed by atoms with Gasteiger partial charge in [0.05, 0.1) is 5.69 Å². The van der Waals surface area contributed by atoms with Crippen LogP contribution in [0.5, 0.6) is 0 Å². The topological polar surface area (TPSA) is 90.0 Å². The molecule has 0 aliphatic rings. The number of rotatable bonds is 12. The normalized spacial score (nSPS) is 13.2. The quantitative estimate of drug-likeness (QED) is 0.443. The average molecular weight is 541 g/mol. The molecule has 0 saturated heterocycles. The lowest BCUT2D eigenvalue weighted by Crippen LogP contribution is -2.54. The molecular weight excluding hydrogens is 507 g/mol. The number of hydrogen-bond donors (Lipinski definition) is 1. The van der Waals surface area contributed by atoms with Gasteiger partial charge in [-0.3, -0.25) is 9.59 Å². The van der Waals surface area contributed by atoms with Crippen molar-refractivity contribution >= 4 is 39.3 Å². The van der Waals surface area contributed by atoms with Gasteiger partial charge in [-0.2, -0.15) is 12.7 Å². The molecule has 0 heterocycles. The molecule has 36 heavy (non-hydrogen) atoms. The molecule has 0 radical (unpaired) electrons. The van der Waals surface area contributed by atoms with Crippen molar-refractivity contribution in [2.24, 2.45) is 0 Å². The fraction of sp³-hybridized carbons (Fsp3) is 0.440. The highest BCUT2D eigenvalue weighted by Gasteiger charge is 2.34. The van der Waals surface area contributed by atoms with Crippen LogP contribution in [-0.4, -0.2) is 62.2 Å². The zero-order valence-electron chi connectivity index (χ0n) is 21.2. The third-order valence-corrected chi connectivity index (χ3v) is 7.85. The summed E-state index contributed by atoms with van der Waals surface area (Å²) in [4.78, 5) is 28.2. The van der Waals surface area contributed by atoms with Crippen molar-refractivity contribution in [3.8, 4) is 0 Å². The second kappa shape index (κ2) is 13.0. The van der Waals surface area contributed by atoms with E-state index in [1.54, 1.807) is 31.2 Å². The third kappa shape index (κ3) is 7.41. The van der Waals surface area contributed by atoms with Gasteiger partial charge in [-0.25, -0.2) is 8.70 Å². The van der Waals surface area contributed by atoms with E-state index in [2.05, 4.69) is 5.32 Å². The van der Waals surface area contributed by atoms with E-state index >= 15 is 0 Å². The van der Waals surface area contributed by atoms with Crippen LogP contribution < -0.4 is 9.62 Å². The van der Waals surface area contributed by atoms with E-state index < -0.39 is 34.5 Å². The molecule has 0 bridgehead atoms. The highest BCUT2D eigenvalue weighted by molar-refractivity contribution is 7.90. The lowest BCUT2D eigenvalue weighted by Gasteiger charge is -2.34. The number of carbonyl (C=O) groups excluding carboxylic acids is 2. The molecule has 2 atom stereocenters. The number of nitrogens with zero attached hydrogens (tertiary/aromatic N) is 3. The Labute approximate surface area is 218 Å². The van der Waals surface area contributed by atoms with E-state index in [-0.39, 0.29) is 24.2 Å². The molecule has 1 N–H and O–H groups in total. The molecule has 0 aliphatic heterocycles. The van der Waals surface area contributed by atoms with E-state index in [0.717, 1.165) is 14.7 Å². The first-order valence-corrected chi connectivity index (χ1v) is 13.5. The smallest absolute Gasteiger partial charge is 0.304 e. The first kappa shape index (κ1) is 29.5. The number of halogens is 2. The monoisotopic (exact) mass is 540 g/mol. The number of hydrogen-bond acceptors (Lipinski definition) is 4. The van der Waals surface area contributed by atoms with E-state index in [9.17, 15) is 22.4 Å². The molecule has 8 nitrogen and oxygen atoms in total. The standard InChI is InChI=1S/C25H34ClFN4O4S/c1-6-18(3)28-25(33)22(7-2)30(16-19-12-14-20(26)15-13-19)24(32)17-31(36(34,35)29(4)5)23-11-9-8-10-21(23)27/h8-15,18,22H,6-7,16-17H2,1-5H3,(H,28,33). The van der Waals surface area contributed by atoms with E-state index in [1.165, 1.54) is 37.2 Å². The Hall–Kier alpha value is -2.69. The SMILES string of the molecule is CCC(C)NC(=O)C(CC)N(Cc1ccc(Cl)cc1)C(=O)CN(c1ccccc1F)S(=O)(=O)N(C)C. The van der Waals surface area contributed by atoms with Gasteiger partial charge in [0.1, 0.15) is 18.4 Å². The number of benzene rings is 2. The molecule has 2 aromatic carbocycles. The molecule has 0 saturated carbocycles.